The molecule has 0 radical (unpaired) electrons. The first-order valence-corrected chi connectivity index (χ1v) is 8.88. The molecule has 0 spiro atoms. The van der Waals surface area contributed by atoms with Gasteiger partial charge in [0.1, 0.15) is 24.1 Å². The lowest BCUT2D eigenvalue weighted by Crippen LogP contribution is -2.21. The Morgan fingerprint density at radius 3 is 2.61 bits per heavy atom. The smallest absolute Gasteiger partial charge is 0.244 e. The highest BCUT2D eigenvalue weighted by Crippen LogP contribution is 2.25. The molecule has 0 aliphatic heterocycles. The first-order chi connectivity index (χ1) is 13.5. The van der Waals surface area contributed by atoms with Gasteiger partial charge in [-0.25, -0.2) is 0 Å². The molecule has 0 unspecified atom stereocenters. The van der Waals surface area contributed by atoms with Crippen LogP contribution in [0.4, 0.5) is 11.4 Å². The number of nitrogens with zero attached hydrogens (tertiary/aromatic N) is 2. The number of ether oxygens (including phenoxy) is 1. The lowest BCUT2D eigenvalue weighted by atomic mass is 10.1. The highest BCUT2D eigenvalue weighted by atomic mass is 16.5. The molecular weight excluding hydrogens is 352 g/mol. The van der Waals surface area contributed by atoms with Crippen molar-refractivity contribution in [2.75, 3.05) is 18.2 Å². The quantitative estimate of drug-likeness (QED) is 0.691. The summed E-state index contributed by atoms with van der Waals surface area (Å²) in [5.41, 5.74) is 10.6. The first-order valence-electron chi connectivity index (χ1n) is 8.88. The van der Waals surface area contributed by atoms with E-state index in [0.717, 1.165) is 11.3 Å². The van der Waals surface area contributed by atoms with Crippen LogP contribution in [0.3, 0.4) is 0 Å². The van der Waals surface area contributed by atoms with Gasteiger partial charge in [0.05, 0.1) is 18.5 Å². The van der Waals surface area contributed by atoms with Crippen LogP contribution in [0, 0.1) is 18.3 Å². The van der Waals surface area contributed by atoms with E-state index in [9.17, 15) is 10.1 Å². The summed E-state index contributed by atoms with van der Waals surface area (Å²) in [6.07, 6.45) is 0.537. The van der Waals surface area contributed by atoms with Gasteiger partial charge in [0.15, 0.2) is 0 Å². The maximum Gasteiger partial charge on any atom is 0.244 e. The number of para-hydroxylation sites is 2. The Morgan fingerprint density at radius 1 is 1.21 bits per heavy atom. The summed E-state index contributed by atoms with van der Waals surface area (Å²) in [4.78, 5) is 12.6. The predicted molar refractivity (Wildman–Crippen MR) is 109 cm³/mol. The molecule has 0 saturated carbocycles. The van der Waals surface area contributed by atoms with E-state index in [1.807, 2.05) is 43.3 Å². The number of rotatable bonds is 6. The van der Waals surface area contributed by atoms with E-state index in [2.05, 4.69) is 11.4 Å². The largest absolute Gasteiger partial charge is 0.495 e. The molecule has 1 aromatic heterocycles. The van der Waals surface area contributed by atoms with Crippen molar-refractivity contribution in [1.82, 2.24) is 4.57 Å². The normalized spacial score (nSPS) is 10.3. The van der Waals surface area contributed by atoms with E-state index in [0.29, 0.717) is 29.2 Å². The summed E-state index contributed by atoms with van der Waals surface area (Å²) < 4.78 is 6.93. The predicted octanol–water partition coefficient (Wildman–Crippen LogP) is 3.49. The van der Waals surface area contributed by atoms with Gasteiger partial charge in [-0.15, -0.1) is 0 Å². The Morgan fingerprint density at radius 2 is 1.93 bits per heavy atom. The summed E-state index contributed by atoms with van der Waals surface area (Å²) in [6.45, 7) is 2.01. The van der Waals surface area contributed by atoms with E-state index in [1.54, 1.807) is 29.9 Å². The number of nitrogens with one attached hydrogen (secondary N) is 1. The highest BCUT2D eigenvalue weighted by molar-refractivity contribution is 5.92. The lowest BCUT2D eigenvalue weighted by Gasteiger charge is -2.13. The number of nitrogen functional groups attached to an aromatic ring is 1. The van der Waals surface area contributed by atoms with Crippen LogP contribution in [-0.4, -0.2) is 17.6 Å². The third kappa shape index (κ3) is 4.15. The molecule has 2 aromatic carbocycles. The summed E-state index contributed by atoms with van der Waals surface area (Å²) in [5.74, 6) is 0.310. The molecular formula is C22H22N4O2. The van der Waals surface area contributed by atoms with Crippen molar-refractivity contribution in [2.24, 2.45) is 0 Å². The van der Waals surface area contributed by atoms with Crippen molar-refractivity contribution in [3.05, 3.63) is 77.1 Å². The number of nitriles is 1. The number of aryl methyl sites for hydroxylation is 1. The van der Waals surface area contributed by atoms with Gasteiger partial charge < -0.3 is 20.4 Å². The number of anilines is 2. The van der Waals surface area contributed by atoms with Gasteiger partial charge in [-0.1, -0.05) is 42.0 Å². The lowest BCUT2D eigenvalue weighted by molar-refractivity contribution is -0.116. The second-order valence-electron chi connectivity index (χ2n) is 6.54. The molecule has 6 nitrogen and oxygen atoms in total. The third-order valence-corrected chi connectivity index (χ3v) is 4.53. The van der Waals surface area contributed by atoms with Crippen molar-refractivity contribution < 1.29 is 9.53 Å². The van der Waals surface area contributed by atoms with Gasteiger partial charge in [0.25, 0.3) is 0 Å². The zero-order chi connectivity index (χ0) is 20.1. The van der Waals surface area contributed by atoms with Crippen LogP contribution in [0.25, 0.3) is 0 Å². The maximum absolute atomic E-state index is 12.6. The maximum atomic E-state index is 12.6. The van der Waals surface area contributed by atoms with Crippen molar-refractivity contribution >= 4 is 17.3 Å². The van der Waals surface area contributed by atoms with Crippen molar-refractivity contribution in [3.8, 4) is 11.8 Å². The molecule has 6 heteroatoms. The molecule has 0 fully saturated rings. The fourth-order valence-electron chi connectivity index (χ4n) is 3.06. The molecule has 3 rings (SSSR count). The molecule has 1 heterocycles. The number of carbonyl (C=O) groups excluding carboxylic acids is 1. The zero-order valence-corrected chi connectivity index (χ0v) is 15.9. The van der Waals surface area contributed by atoms with Gasteiger partial charge >= 0.3 is 0 Å². The second-order valence-corrected chi connectivity index (χ2v) is 6.54. The zero-order valence-electron chi connectivity index (χ0n) is 15.9. The fourth-order valence-corrected chi connectivity index (χ4v) is 3.06. The molecule has 3 aromatic rings. The van der Waals surface area contributed by atoms with Crippen LogP contribution < -0.4 is 15.8 Å². The average Bonchev–Trinajstić information content (AvgIpc) is 2.98. The number of hydrogen-bond acceptors (Lipinski definition) is 4. The third-order valence-electron chi connectivity index (χ3n) is 4.53. The van der Waals surface area contributed by atoms with Crippen LogP contribution in [0.2, 0.25) is 0 Å². The minimum atomic E-state index is -0.262. The summed E-state index contributed by atoms with van der Waals surface area (Å²) >= 11 is 0. The SMILES string of the molecule is COc1ccccc1NC(=O)Cn1c(C#N)cc(N)c1Cc1ccc(C)cc1. The van der Waals surface area contributed by atoms with Crippen LogP contribution in [0.15, 0.2) is 54.6 Å². The Labute approximate surface area is 164 Å². The van der Waals surface area contributed by atoms with Gasteiger partial charge in [-0.05, 0) is 30.7 Å². The van der Waals surface area contributed by atoms with Crippen LogP contribution in [0.5, 0.6) is 5.75 Å². The number of carbonyl (C=O) groups is 1. The Balaban J connectivity index is 1.85. The highest BCUT2D eigenvalue weighted by Gasteiger charge is 2.17. The van der Waals surface area contributed by atoms with E-state index >= 15 is 0 Å². The van der Waals surface area contributed by atoms with Crippen LogP contribution in [-0.2, 0) is 17.8 Å². The van der Waals surface area contributed by atoms with E-state index < -0.39 is 0 Å². The average molecular weight is 374 g/mol. The Kier molecular flexibility index (Phi) is 5.66. The monoisotopic (exact) mass is 374 g/mol. The molecule has 28 heavy (non-hydrogen) atoms. The second kappa shape index (κ2) is 8.31. The molecule has 1 amide bonds. The molecule has 3 N–H and O–H groups in total. The molecule has 0 saturated heterocycles. The number of hydrogen-bond donors (Lipinski definition) is 2. The summed E-state index contributed by atoms with van der Waals surface area (Å²) in [6, 6.07) is 19.0. The number of amides is 1. The topological polar surface area (TPSA) is 93.1 Å². The van der Waals surface area contributed by atoms with Crippen LogP contribution in [0.1, 0.15) is 22.5 Å². The summed E-state index contributed by atoms with van der Waals surface area (Å²) in [5, 5.41) is 12.3. The molecule has 142 valence electrons. The van der Waals surface area contributed by atoms with E-state index in [1.165, 1.54) is 5.56 Å². The van der Waals surface area contributed by atoms with Gasteiger partial charge in [-0.3, -0.25) is 4.79 Å². The fraction of sp³-hybridized carbons (Fsp3) is 0.182. The van der Waals surface area contributed by atoms with Crippen molar-refractivity contribution in [2.45, 2.75) is 19.9 Å². The first kappa shape index (κ1) is 19.1. The van der Waals surface area contributed by atoms with E-state index in [-0.39, 0.29) is 12.5 Å². The Hall–Kier alpha value is -3.72. The molecule has 0 bridgehead atoms. The summed E-state index contributed by atoms with van der Waals surface area (Å²) in [7, 11) is 1.55. The van der Waals surface area contributed by atoms with E-state index in [4.69, 9.17) is 10.5 Å². The van der Waals surface area contributed by atoms with Gasteiger partial charge in [-0.2, -0.15) is 5.26 Å². The van der Waals surface area contributed by atoms with Crippen molar-refractivity contribution in [1.29, 1.82) is 5.26 Å². The standard InChI is InChI=1S/C22H22N4O2/c1-15-7-9-16(10-8-15)11-20-18(24)12-17(13-23)26(20)14-22(27)25-19-5-3-4-6-21(19)28-2/h3-10,12H,11,14,24H2,1-2H3,(H,25,27). The minimum Gasteiger partial charge on any atom is -0.495 e. The van der Waals surface area contributed by atoms with Crippen LogP contribution >= 0.6 is 0 Å². The van der Waals surface area contributed by atoms with Gasteiger partial charge in [0.2, 0.25) is 5.91 Å². The number of methoxy groups -OCH3 is 1. The minimum absolute atomic E-state index is 0.0145. The molecule has 0 aliphatic rings. The van der Waals surface area contributed by atoms with Crippen molar-refractivity contribution in [3.63, 3.8) is 0 Å². The Bertz CT molecular complexity index is 1030. The number of benzene rings is 2. The number of nitrogens with two attached hydrogens (primary N) is 1. The number of aromatic nitrogens is 1. The molecule has 0 atom stereocenters. The molecule has 0 aliphatic carbocycles. The van der Waals surface area contributed by atoms with Gasteiger partial charge in [0, 0.05) is 12.1 Å².